The highest BCUT2D eigenvalue weighted by Crippen LogP contribution is 2.23. The van der Waals surface area contributed by atoms with Crippen molar-refractivity contribution in [2.24, 2.45) is 0 Å². The van der Waals surface area contributed by atoms with Crippen LogP contribution in [0.3, 0.4) is 0 Å². The van der Waals surface area contributed by atoms with Gasteiger partial charge in [0.1, 0.15) is 24.4 Å². The molecule has 0 spiro atoms. The molecule has 0 aromatic heterocycles. The van der Waals surface area contributed by atoms with E-state index in [0.717, 1.165) is 0 Å². The van der Waals surface area contributed by atoms with Crippen LogP contribution in [0.5, 0.6) is 0 Å². The maximum Gasteiger partial charge on any atom is 0.267 e. The fraction of sp³-hybridized carbons (Fsp3) is 1.00. The lowest BCUT2D eigenvalue weighted by molar-refractivity contribution is -0.300. The van der Waals surface area contributed by atoms with Gasteiger partial charge in [0.25, 0.3) is 6.43 Å². The molecule has 5 atom stereocenters. The first-order valence-electron chi connectivity index (χ1n) is 3.61. The third kappa shape index (κ3) is 1.94. The lowest BCUT2D eigenvalue weighted by Crippen LogP contribution is -2.59. The molecule has 0 aromatic carbocycles. The van der Waals surface area contributed by atoms with Crippen LogP contribution in [-0.4, -0.2) is 57.6 Å². The number of alkyl halides is 2. The summed E-state index contributed by atoms with van der Waals surface area (Å²) in [6.07, 6.45) is -12.4. The fourth-order valence-corrected chi connectivity index (χ4v) is 1.10. The highest BCUT2D eigenvalue weighted by Gasteiger charge is 2.46. The molecule has 4 N–H and O–H groups in total. The van der Waals surface area contributed by atoms with Gasteiger partial charge in [-0.2, -0.15) is 0 Å². The maximum absolute atomic E-state index is 12.1. The van der Waals surface area contributed by atoms with Gasteiger partial charge in [0.05, 0.1) is 0 Å². The average molecular weight is 200 g/mol. The van der Waals surface area contributed by atoms with Crippen molar-refractivity contribution in [1.29, 1.82) is 0 Å². The van der Waals surface area contributed by atoms with Gasteiger partial charge >= 0.3 is 0 Å². The quantitative estimate of drug-likeness (QED) is 0.395. The third-order valence-electron chi connectivity index (χ3n) is 1.87. The summed E-state index contributed by atoms with van der Waals surface area (Å²) in [6, 6.07) is 0. The lowest BCUT2D eigenvalue weighted by Gasteiger charge is -2.37. The average Bonchev–Trinajstić information content (AvgIpc) is 2.07. The standard InChI is InChI=1S/C6H10F2O5/c7-5(8)4-2(10)1(9)3(11)6(12)13-4/h1-6,9-12H/t1-,2+,3?,4?,6+/m0/s1. The van der Waals surface area contributed by atoms with Crippen molar-refractivity contribution in [2.75, 3.05) is 0 Å². The SMILES string of the molecule is OC1[C@H](O)OC(C(F)F)[C@H](O)[C@@H]1O. The van der Waals surface area contributed by atoms with E-state index in [4.69, 9.17) is 20.4 Å². The van der Waals surface area contributed by atoms with Crippen molar-refractivity contribution >= 4 is 0 Å². The van der Waals surface area contributed by atoms with Gasteiger partial charge in [0.15, 0.2) is 6.29 Å². The Morgan fingerprint density at radius 2 is 1.46 bits per heavy atom. The van der Waals surface area contributed by atoms with Crippen LogP contribution in [0.1, 0.15) is 0 Å². The van der Waals surface area contributed by atoms with E-state index in [9.17, 15) is 8.78 Å². The molecular weight excluding hydrogens is 190 g/mol. The molecule has 0 bridgehead atoms. The molecule has 7 heteroatoms. The van der Waals surface area contributed by atoms with Gasteiger partial charge in [-0.1, -0.05) is 0 Å². The number of aliphatic hydroxyl groups excluding tert-OH is 4. The molecule has 13 heavy (non-hydrogen) atoms. The van der Waals surface area contributed by atoms with Gasteiger partial charge in [0.2, 0.25) is 0 Å². The first-order chi connectivity index (χ1) is 5.95. The second-order valence-electron chi connectivity index (χ2n) is 2.80. The van der Waals surface area contributed by atoms with E-state index >= 15 is 0 Å². The largest absolute Gasteiger partial charge is 0.387 e. The number of hydrogen-bond donors (Lipinski definition) is 4. The van der Waals surface area contributed by atoms with E-state index in [1.807, 2.05) is 0 Å². The van der Waals surface area contributed by atoms with Crippen molar-refractivity contribution < 1.29 is 33.9 Å². The topological polar surface area (TPSA) is 90.2 Å². The molecule has 0 radical (unpaired) electrons. The van der Waals surface area contributed by atoms with Crippen molar-refractivity contribution in [2.45, 2.75) is 37.1 Å². The Morgan fingerprint density at radius 3 is 1.92 bits per heavy atom. The zero-order valence-electron chi connectivity index (χ0n) is 6.42. The Bertz CT molecular complexity index is 178. The molecule has 1 fully saturated rings. The molecule has 5 nitrogen and oxygen atoms in total. The number of rotatable bonds is 1. The van der Waals surface area contributed by atoms with Gasteiger partial charge in [-0.3, -0.25) is 0 Å². The summed E-state index contributed by atoms with van der Waals surface area (Å²) in [5.41, 5.74) is 0. The van der Waals surface area contributed by atoms with E-state index in [1.165, 1.54) is 0 Å². The lowest BCUT2D eigenvalue weighted by atomic mass is 9.99. The summed E-state index contributed by atoms with van der Waals surface area (Å²) in [5.74, 6) is 0. The van der Waals surface area contributed by atoms with Crippen molar-refractivity contribution in [3.8, 4) is 0 Å². The van der Waals surface area contributed by atoms with Gasteiger partial charge in [-0.15, -0.1) is 0 Å². The minimum absolute atomic E-state index is 1.77. The van der Waals surface area contributed by atoms with Crippen LogP contribution in [0.2, 0.25) is 0 Å². The Hall–Kier alpha value is -0.340. The van der Waals surface area contributed by atoms with Crippen LogP contribution in [-0.2, 0) is 4.74 Å². The predicted octanol–water partition coefficient (Wildman–Crippen LogP) is -1.95. The Kier molecular flexibility index (Phi) is 3.14. The van der Waals surface area contributed by atoms with E-state index in [2.05, 4.69) is 4.74 Å². The van der Waals surface area contributed by atoms with Gasteiger partial charge < -0.3 is 25.2 Å². The molecule has 1 aliphatic heterocycles. The molecule has 1 aliphatic rings. The zero-order chi connectivity index (χ0) is 10.2. The third-order valence-corrected chi connectivity index (χ3v) is 1.87. The second kappa shape index (κ2) is 3.81. The summed E-state index contributed by atoms with van der Waals surface area (Å²) >= 11 is 0. The highest BCUT2D eigenvalue weighted by molar-refractivity contribution is 4.89. The molecule has 0 amide bonds. The van der Waals surface area contributed by atoms with Crippen LogP contribution < -0.4 is 0 Å². The molecule has 1 rings (SSSR count). The molecule has 0 saturated carbocycles. The van der Waals surface area contributed by atoms with Crippen LogP contribution in [0.25, 0.3) is 0 Å². The van der Waals surface area contributed by atoms with Crippen molar-refractivity contribution in [3.05, 3.63) is 0 Å². The van der Waals surface area contributed by atoms with Gasteiger partial charge in [0, 0.05) is 0 Å². The van der Waals surface area contributed by atoms with E-state index < -0.39 is 37.1 Å². The van der Waals surface area contributed by atoms with E-state index in [0.29, 0.717) is 0 Å². The predicted molar refractivity (Wildman–Crippen MR) is 34.9 cm³/mol. The van der Waals surface area contributed by atoms with Gasteiger partial charge in [-0.05, 0) is 0 Å². The number of ether oxygens (including phenoxy) is 1. The molecule has 0 aliphatic carbocycles. The Morgan fingerprint density at radius 1 is 0.923 bits per heavy atom. The minimum Gasteiger partial charge on any atom is -0.387 e. The van der Waals surface area contributed by atoms with E-state index in [-0.39, 0.29) is 0 Å². The minimum atomic E-state index is -3.04. The van der Waals surface area contributed by atoms with Crippen molar-refractivity contribution in [1.82, 2.24) is 0 Å². The van der Waals surface area contributed by atoms with Crippen molar-refractivity contribution in [3.63, 3.8) is 0 Å². The zero-order valence-corrected chi connectivity index (χ0v) is 6.42. The van der Waals surface area contributed by atoms with Crippen LogP contribution in [0.15, 0.2) is 0 Å². The number of halogens is 2. The maximum atomic E-state index is 12.1. The Labute approximate surface area is 72.2 Å². The van der Waals surface area contributed by atoms with E-state index in [1.54, 1.807) is 0 Å². The molecule has 78 valence electrons. The first-order valence-corrected chi connectivity index (χ1v) is 3.61. The molecular formula is C6H10F2O5. The molecule has 1 saturated heterocycles. The smallest absolute Gasteiger partial charge is 0.267 e. The summed E-state index contributed by atoms with van der Waals surface area (Å²) in [4.78, 5) is 0. The molecule has 0 aromatic rings. The normalized spacial score (nSPS) is 46.8. The van der Waals surface area contributed by atoms with Crippen LogP contribution in [0, 0.1) is 0 Å². The number of aliphatic hydroxyl groups is 4. The van der Waals surface area contributed by atoms with Crippen LogP contribution >= 0.6 is 0 Å². The summed E-state index contributed by atoms with van der Waals surface area (Å²) in [6.45, 7) is 0. The van der Waals surface area contributed by atoms with Gasteiger partial charge in [-0.25, -0.2) is 8.78 Å². The fourth-order valence-electron chi connectivity index (χ4n) is 1.10. The summed E-state index contributed by atoms with van der Waals surface area (Å²) in [5, 5.41) is 35.6. The summed E-state index contributed by atoms with van der Waals surface area (Å²) in [7, 11) is 0. The first kappa shape index (κ1) is 10.7. The molecule has 2 unspecified atom stereocenters. The second-order valence-corrected chi connectivity index (χ2v) is 2.80. The monoisotopic (exact) mass is 200 g/mol. The summed E-state index contributed by atoms with van der Waals surface area (Å²) < 4.78 is 28.3. The van der Waals surface area contributed by atoms with Crippen LogP contribution in [0.4, 0.5) is 8.78 Å². The number of hydrogen-bond acceptors (Lipinski definition) is 5. The molecule has 1 heterocycles. The highest BCUT2D eigenvalue weighted by atomic mass is 19.3. The Balaban J connectivity index is 2.70.